The molecule has 6 nitrogen and oxygen atoms in total. The summed E-state index contributed by atoms with van der Waals surface area (Å²) >= 11 is 0. The molecule has 0 heterocycles. The molecule has 0 spiro atoms. The van der Waals surface area contributed by atoms with Crippen LogP contribution in [0.2, 0.25) is 0 Å². The smallest absolute Gasteiger partial charge is 0.306 e. The van der Waals surface area contributed by atoms with Crippen molar-refractivity contribution in [2.75, 3.05) is 13.2 Å². The van der Waals surface area contributed by atoms with E-state index >= 15 is 0 Å². The molecule has 480 valence electrons. The summed E-state index contributed by atoms with van der Waals surface area (Å²) in [6.07, 6.45) is 94.6. The molecule has 0 rings (SSSR count). The van der Waals surface area contributed by atoms with Gasteiger partial charge in [-0.25, -0.2) is 0 Å². The summed E-state index contributed by atoms with van der Waals surface area (Å²) in [6, 6.07) is 0. The molecule has 0 aliphatic rings. The number of allylic oxidation sites excluding steroid dienone is 14. The van der Waals surface area contributed by atoms with Crippen molar-refractivity contribution in [1.29, 1.82) is 0 Å². The van der Waals surface area contributed by atoms with Gasteiger partial charge in [-0.3, -0.25) is 14.4 Å². The monoisotopic (exact) mass is 1160 g/mol. The summed E-state index contributed by atoms with van der Waals surface area (Å²) in [6.45, 7) is 6.57. The first-order valence-electron chi connectivity index (χ1n) is 36.1. The number of ether oxygens (including phenoxy) is 3. The summed E-state index contributed by atoms with van der Waals surface area (Å²) in [5.41, 5.74) is 0. The molecule has 0 aliphatic carbocycles. The number of carbonyl (C=O) groups excluding carboxylic acids is 3. The van der Waals surface area contributed by atoms with Crippen molar-refractivity contribution >= 4 is 17.9 Å². The highest BCUT2D eigenvalue weighted by atomic mass is 16.6. The molecular weight excluding hydrogens is 1020 g/mol. The number of hydrogen-bond donors (Lipinski definition) is 0. The molecule has 0 aromatic heterocycles. The van der Waals surface area contributed by atoms with Gasteiger partial charge in [-0.1, -0.05) is 337 Å². The Balaban J connectivity index is 4.32. The maximum absolute atomic E-state index is 13.0. The number of esters is 3. The van der Waals surface area contributed by atoms with Crippen LogP contribution in [0.25, 0.3) is 0 Å². The zero-order chi connectivity index (χ0) is 59.9. The Labute approximate surface area is 515 Å². The van der Waals surface area contributed by atoms with Crippen molar-refractivity contribution < 1.29 is 28.6 Å². The number of carbonyl (C=O) groups is 3. The number of rotatable bonds is 66. The first-order chi connectivity index (χ1) is 41.0. The van der Waals surface area contributed by atoms with Gasteiger partial charge in [-0.2, -0.15) is 0 Å². The molecule has 0 aromatic rings. The Morgan fingerprint density at radius 3 is 0.735 bits per heavy atom. The van der Waals surface area contributed by atoms with Crippen molar-refractivity contribution in [1.82, 2.24) is 0 Å². The third-order valence-corrected chi connectivity index (χ3v) is 15.9. The fourth-order valence-corrected chi connectivity index (χ4v) is 10.5. The Hall–Kier alpha value is -3.41. The molecule has 0 bridgehead atoms. The normalized spacial score (nSPS) is 12.6. The van der Waals surface area contributed by atoms with Gasteiger partial charge in [0, 0.05) is 19.3 Å². The van der Waals surface area contributed by atoms with Gasteiger partial charge in [0.1, 0.15) is 13.2 Å². The van der Waals surface area contributed by atoms with Crippen molar-refractivity contribution in [3.05, 3.63) is 85.1 Å². The fraction of sp³-hybridized carbons (Fsp3) is 0.779. The molecule has 6 heteroatoms. The minimum atomic E-state index is -0.780. The highest BCUT2D eigenvalue weighted by Gasteiger charge is 2.19. The lowest BCUT2D eigenvalue weighted by Crippen LogP contribution is -2.30. The summed E-state index contributed by atoms with van der Waals surface area (Å²) in [4.78, 5) is 38.5. The van der Waals surface area contributed by atoms with Crippen LogP contribution in [0.1, 0.15) is 367 Å². The van der Waals surface area contributed by atoms with E-state index in [0.29, 0.717) is 19.3 Å². The number of hydrogen-bond acceptors (Lipinski definition) is 6. The van der Waals surface area contributed by atoms with Crippen LogP contribution in [0.3, 0.4) is 0 Å². The Kier molecular flexibility index (Phi) is 68.2. The third kappa shape index (κ3) is 69.3. The summed E-state index contributed by atoms with van der Waals surface area (Å²) in [5.74, 6) is -0.858. The maximum atomic E-state index is 13.0. The van der Waals surface area contributed by atoms with Gasteiger partial charge in [0.2, 0.25) is 0 Å². The zero-order valence-corrected chi connectivity index (χ0v) is 55.2. The van der Waals surface area contributed by atoms with Crippen LogP contribution in [0, 0.1) is 0 Å². The molecular formula is C77H136O6. The molecule has 0 radical (unpaired) electrons. The lowest BCUT2D eigenvalue weighted by atomic mass is 10.0. The highest BCUT2D eigenvalue weighted by Crippen LogP contribution is 2.18. The second kappa shape index (κ2) is 71.1. The van der Waals surface area contributed by atoms with Crippen LogP contribution in [0.5, 0.6) is 0 Å². The van der Waals surface area contributed by atoms with E-state index in [-0.39, 0.29) is 31.1 Å². The maximum Gasteiger partial charge on any atom is 0.306 e. The summed E-state index contributed by atoms with van der Waals surface area (Å²) in [5, 5.41) is 0. The SMILES string of the molecule is CC/C=C\C/C=C\C/C=C\C/C=C\CCCCCCCCCCCCCCC(=O)OCC(COC(=O)CCCCCCCCCCCCCCCCC)OC(=O)CCCCCCCCCCCC/C=C\C/C=C\C/C=C\CCCCCCC. The van der Waals surface area contributed by atoms with Crippen LogP contribution in [0.4, 0.5) is 0 Å². The van der Waals surface area contributed by atoms with Gasteiger partial charge in [0.05, 0.1) is 0 Å². The second-order valence-corrected chi connectivity index (χ2v) is 24.1. The molecule has 0 saturated heterocycles. The van der Waals surface area contributed by atoms with E-state index in [9.17, 15) is 14.4 Å². The van der Waals surface area contributed by atoms with E-state index in [1.807, 2.05) is 0 Å². The predicted molar refractivity (Wildman–Crippen MR) is 362 cm³/mol. The molecule has 1 atom stereocenters. The zero-order valence-electron chi connectivity index (χ0n) is 55.2. The van der Waals surface area contributed by atoms with Gasteiger partial charge < -0.3 is 14.2 Å². The van der Waals surface area contributed by atoms with E-state index < -0.39 is 6.10 Å². The van der Waals surface area contributed by atoms with E-state index in [4.69, 9.17) is 14.2 Å². The highest BCUT2D eigenvalue weighted by molar-refractivity contribution is 5.71. The van der Waals surface area contributed by atoms with Crippen molar-refractivity contribution in [2.45, 2.75) is 374 Å². The molecule has 0 saturated carbocycles. The van der Waals surface area contributed by atoms with E-state index in [2.05, 4.69) is 106 Å². The van der Waals surface area contributed by atoms with Crippen LogP contribution in [-0.4, -0.2) is 37.2 Å². The standard InChI is InChI=1S/C77H136O6/c1-4-7-10-13-16-19-22-25-28-30-32-34-36-38-40-42-44-46-49-52-55-58-61-64-67-70-76(79)82-73-74(72-81-75(78)69-66-63-60-57-54-51-48-27-24-21-18-15-12-9-6-3)83-77(80)71-68-65-62-59-56-53-50-47-45-43-41-39-37-35-33-31-29-26-23-20-17-14-11-8-5-2/h7,10,16,19,23,25-26,28,31-34,37,39,74H,4-6,8-9,11-15,17-18,20-22,24,27,29-30,35-36,38,40-73H2,1-3H3/b10-7-,19-16-,26-23-,28-25-,33-31-,34-32-,39-37-. The van der Waals surface area contributed by atoms with E-state index in [1.54, 1.807) is 0 Å². The average molecular weight is 1160 g/mol. The fourth-order valence-electron chi connectivity index (χ4n) is 10.5. The molecule has 1 unspecified atom stereocenters. The van der Waals surface area contributed by atoms with Gasteiger partial charge in [0.25, 0.3) is 0 Å². The van der Waals surface area contributed by atoms with E-state index in [0.717, 1.165) is 96.3 Å². The molecule has 0 fully saturated rings. The largest absolute Gasteiger partial charge is 0.462 e. The molecule has 83 heavy (non-hydrogen) atoms. The van der Waals surface area contributed by atoms with Gasteiger partial charge in [-0.05, 0) is 96.3 Å². The van der Waals surface area contributed by atoms with Gasteiger partial charge in [-0.15, -0.1) is 0 Å². The lowest BCUT2D eigenvalue weighted by Gasteiger charge is -2.18. The lowest BCUT2D eigenvalue weighted by molar-refractivity contribution is -0.167. The molecule has 0 N–H and O–H groups in total. The van der Waals surface area contributed by atoms with Crippen LogP contribution < -0.4 is 0 Å². The van der Waals surface area contributed by atoms with Crippen LogP contribution >= 0.6 is 0 Å². The summed E-state index contributed by atoms with van der Waals surface area (Å²) in [7, 11) is 0. The van der Waals surface area contributed by atoms with Crippen LogP contribution in [0.15, 0.2) is 85.1 Å². The van der Waals surface area contributed by atoms with Gasteiger partial charge >= 0.3 is 17.9 Å². The first kappa shape index (κ1) is 79.6. The average Bonchev–Trinajstić information content (AvgIpc) is 3.49. The Bertz CT molecular complexity index is 1570. The minimum absolute atomic E-state index is 0.0742. The van der Waals surface area contributed by atoms with Crippen molar-refractivity contribution in [3.63, 3.8) is 0 Å². The summed E-state index contributed by atoms with van der Waals surface area (Å²) < 4.78 is 17.0. The van der Waals surface area contributed by atoms with Crippen molar-refractivity contribution in [3.8, 4) is 0 Å². The van der Waals surface area contributed by atoms with Crippen LogP contribution in [-0.2, 0) is 28.6 Å². The number of unbranched alkanes of at least 4 members (excludes halogenated alkanes) is 41. The molecule has 0 amide bonds. The third-order valence-electron chi connectivity index (χ3n) is 15.9. The quantitative estimate of drug-likeness (QED) is 0.0261. The topological polar surface area (TPSA) is 78.9 Å². The predicted octanol–water partition coefficient (Wildman–Crippen LogP) is 25.0. The van der Waals surface area contributed by atoms with Gasteiger partial charge in [0.15, 0.2) is 6.10 Å². The Morgan fingerprint density at radius 1 is 0.253 bits per heavy atom. The first-order valence-corrected chi connectivity index (χ1v) is 36.1. The molecule has 0 aliphatic heterocycles. The molecule has 0 aromatic carbocycles. The van der Waals surface area contributed by atoms with Crippen molar-refractivity contribution in [2.24, 2.45) is 0 Å². The second-order valence-electron chi connectivity index (χ2n) is 24.1. The van der Waals surface area contributed by atoms with E-state index in [1.165, 1.54) is 231 Å². The Morgan fingerprint density at radius 2 is 0.470 bits per heavy atom. The minimum Gasteiger partial charge on any atom is -0.462 e.